The number of furan rings is 1. The highest BCUT2D eigenvalue weighted by Crippen LogP contribution is 2.33. The fraction of sp³-hybridized carbons (Fsp3) is 0.389. The van der Waals surface area contributed by atoms with Crippen LogP contribution in [0.3, 0.4) is 0 Å². The molecule has 1 saturated heterocycles. The lowest BCUT2D eigenvalue weighted by Gasteiger charge is -2.41. The quantitative estimate of drug-likeness (QED) is 0.758. The zero-order valence-electron chi connectivity index (χ0n) is 14.1. The zero-order chi connectivity index (χ0) is 18.6. The number of carbonyl (C=O) groups is 1. The molecule has 5 nitrogen and oxygen atoms in total. The van der Waals surface area contributed by atoms with E-state index in [0.717, 1.165) is 19.6 Å². The van der Waals surface area contributed by atoms with Crippen molar-refractivity contribution in [1.82, 2.24) is 15.1 Å². The number of alkyl halides is 3. The SMILES string of the molecule is O=C(N[C@H](N1CCN(Cc2ccccc2)CC1)C(Cl)(Cl)Cl)c1ccco1. The highest BCUT2D eigenvalue weighted by atomic mass is 35.6. The monoisotopic (exact) mass is 415 g/mol. The van der Waals surface area contributed by atoms with Crippen LogP contribution in [0.5, 0.6) is 0 Å². The molecule has 0 aliphatic carbocycles. The number of amides is 1. The second kappa shape index (κ2) is 8.63. The fourth-order valence-electron chi connectivity index (χ4n) is 3.00. The van der Waals surface area contributed by atoms with Crippen LogP contribution in [-0.4, -0.2) is 51.8 Å². The summed E-state index contributed by atoms with van der Waals surface area (Å²) in [6.45, 7) is 3.89. The molecule has 3 rings (SSSR count). The number of nitrogens with one attached hydrogen (secondary N) is 1. The van der Waals surface area contributed by atoms with E-state index in [1.54, 1.807) is 12.1 Å². The van der Waals surface area contributed by atoms with Crippen LogP contribution >= 0.6 is 34.8 Å². The average molecular weight is 417 g/mol. The summed E-state index contributed by atoms with van der Waals surface area (Å²) in [6.07, 6.45) is 0.700. The lowest BCUT2D eigenvalue weighted by molar-refractivity contribution is 0.0642. The summed E-state index contributed by atoms with van der Waals surface area (Å²) in [5.41, 5.74) is 1.27. The van der Waals surface area contributed by atoms with Crippen molar-refractivity contribution in [3.05, 3.63) is 60.1 Å². The highest BCUT2D eigenvalue weighted by molar-refractivity contribution is 6.68. The first-order valence-electron chi connectivity index (χ1n) is 8.35. The Hall–Kier alpha value is -1.24. The van der Waals surface area contributed by atoms with Crippen molar-refractivity contribution in [2.45, 2.75) is 16.5 Å². The van der Waals surface area contributed by atoms with Gasteiger partial charge in [0.15, 0.2) is 5.76 Å². The summed E-state index contributed by atoms with van der Waals surface area (Å²) in [4.78, 5) is 16.6. The molecule has 1 atom stereocenters. The number of nitrogens with zero attached hydrogens (tertiary/aromatic N) is 2. The molecule has 1 aromatic heterocycles. The number of piperazine rings is 1. The van der Waals surface area contributed by atoms with Crippen molar-refractivity contribution in [2.24, 2.45) is 0 Å². The van der Waals surface area contributed by atoms with E-state index in [0.29, 0.717) is 13.1 Å². The average Bonchev–Trinajstić information content (AvgIpc) is 3.15. The highest BCUT2D eigenvalue weighted by Gasteiger charge is 2.40. The molecule has 0 bridgehead atoms. The summed E-state index contributed by atoms with van der Waals surface area (Å²) in [6, 6.07) is 13.5. The van der Waals surface area contributed by atoms with Crippen LogP contribution < -0.4 is 5.32 Å². The summed E-state index contributed by atoms with van der Waals surface area (Å²) < 4.78 is 3.46. The van der Waals surface area contributed by atoms with E-state index < -0.39 is 15.9 Å². The molecule has 0 unspecified atom stereocenters. The van der Waals surface area contributed by atoms with Crippen molar-refractivity contribution in [2.75, 3.05) is 26.2 Å². The maximum Gasteiger partial charge on any atom is 0.288 e. The molecular formula is C18H20Cl3N3O2. The smallest absolute Gasteiger partial charge is 0.288 e. The molecule has 1 aliphatic heterocycles. The third-order valence-corrected chi connectivity index (χ3v) is 4.96. The first-order chi connectivity index (χ1) is 12.4. The van der Waals surface area contributed by atoms with Gasteiger partial charge < -0.3 is 9.73 Å². The molecule has 2 aromatic rings. The van der Waals surface area contributed by atoms with Crippen LogP contribution in [0.15, 0.2) is 53.1 Å². The van der Waals surface area contributed by atoms with E-state index in [2.05, 4.69) is 22.3 Å². The van der Waals surface area contributed by atoms with Crippen molar-refractivity contribution >= 4 is 40.7 Å². The summed E-state index contributed by atoms with van der Waals surface area (Å²) in [5.74, 6) is -0.218. The molecule has 1 aromatic carbocycles. The van der Waals surface area contributed by atoms with Crippen LogP contribution in [0.25, 0.3) is 0 Å². The standard InChI is InChI=1S/C18H20Cl3N3O2/c19-18(20,21)17(22-16(25)15-7-4-12-26-15)24-10-8-23(9-11-24)13-14-5-2-1-3-6-14/h1-7,12,17H,8-11,13H2,(H,22,25)/t17-/m1/s1. The van der Waals surface area contributed by atoms with Crippen molar-refractivity contribution < 1.29 is 9.21 Å². The van der Waals surface area contributed by atoms with Gasteiger partial charge in [0.1, 0.15) is 6.17 Å². The van der Waals surface area contributed by atoms with Gasteiger partial charge in [-0.3, -0.25) is 14.6 Å². The summed E-state index contributed by atoms with van der Waals surface area (Å²) in [5, 5.41) is 2.77. The first-order valence-corrected chi connectivity index (χ1v) is 9.48. The molecule has 1 aliphatic rings. The fourth-order valence-corrected chi connectivity index (χ4v) is 3.58. The topological polar surface area (TPSA) is 48.7 Å². The largest absolute Gasteiger partial charge is 0.459 e. The van der Waals surface area contributed by atoms with Crippen molar-refractivity contribution in [3.63, 3.8) is 0 Å². The molecule has 1 amide bonds. The Morgan fingerprint density at radius 1 is 1.08 bits per heavy atom. The number of carbonyl (C=O) groups excluding carboxylic acids is 1. The molecule has 140 valence electrons. The van der Waals surface area contributed by atoms with E-state index in [9.17, 15) is 4.79 Å². The van der Waals surface area contributed by atoms with Crippen LogP contribution in [0.4, 0.5) is 0 Å². The zero-order valence-corrected chi connectivity index (χ0v) is 16.3. The minimum Gasteiger partial charge on any atom is -0.459 e. The third-order valence-electron chi connectivity index (χ3n) is 4.34. The normalized spacial score (nSPS) is 17.8. The van der Waals surface area contributed by atoms with Crippen molar-refractivity contribution in [3.8, 4) is 0 Å². The van der Waals surface area contributed by atoms with Gasteiger partial charge in [-0.15, -0.1) is 0 Å². The third kappa shape index (κ3) is 5.15. The van der Waals surface area contributed by atoms with Gasteiger partial charge in [0.05, 0.1) is 6.26 Å². The Morgan fingerprint density at radius 2 is 1.77 bits per heavy atom. The van der Waals surface area contributed by atoms with Crippen LogP contribution in [0, 0.1) is 0 Å². The summed E-state index contributed by atoms with van der Waals surface area (Å²) in [7, 11) is 0. The van der Waals surface area contributed by atoms with Gasteiger partial charge in [0.2, 0.25) is 3.79 Å². The molecule has 26 heavy (non-hydrogen) atoms. The number of rotatable bonds is 5. The number of halogens is 3. The van der Waals surface area contributed by atoms with Gasteiger partial charge in [-0.2, -0.15) is 0 Å². The Kier molecular flexibility index (Phi) is 6.48. The van der Waals surface area contributed by atoms with E-state index in [-0.39, 0.29) is 5.76 Å². The van der Waals surface area contributed by atoms with Crippen molar-refractivity contribution in [1.29, 1.82) is 0 Å². The minimum atomic E-state index is -1.65. The predicted octanol–water partition coefficient (Wildman–Crippen LogP) is 3.52. The van der Waals surface area contributed by atoms with Gasteiger partial charge in [0, 0.05) is 32.7 Å². The lowest BCUT2D eigenvalue weighted by Crippen LogP contribution is -2.60. The van der Waals surface area contributed by atoms with Gasteiger partial charge >= 0.3 is 0 Å². The number of hydrogen-bond donors (Lipinski definition) is 1. The van der Waals surface area contributed by atoms with E-state index >= 15 is 0 Å². The maximum absolute atomic E-state index is 12.3. The lowest BCUT2D eigenvalue weighted by atomic mass is 10.2. The Labute approximate surface area is 167 Å². The molecule has 0 radical (unpaired) electrons. The molecule has 1 fully saturated rings. The van der Waals surface area contributed by atoms with E-state index in [1.807, 2.05) is 23.1 Å². The number of benzene rings is 1. The van der Waals surface area contributed by atoms with E-state index in [4.69, 9.17) is 39.2 Å². The summed E-state index contributed by atoms with van der Waals surface area (Å²) >= 11 is 18.4. The second-order valence-corrected chi connectivity index (χ2v) is 8.56. The molecule has 8 heteroatoms. The van der Waals surface area contributed by atoms with Crippen LogP contribution in [0.2, 0.25) is 0 Å². The maximum atomic E-state index is 12.3. The molecule has 2 heterocycles. The molecule has 0 saturated carbocycles. The van der Waals surface area contributed by atoms with Crippen LogP contribution in [-0.2, 0) is 6.54 Å². The van der Waals surface area contributed by atoms with Gasteiger partial charge in [-0.1, -0.05) is 65.1 Å². The van der Waals surface area contributed by atoms with Gasteiger partial charge in [0.25, 0.3) is 5.91 Å². The van der Waals surface area contributed by atoms with Gasteiger partial charge in [-0.05, 0) is 17.7 Å². The molecular weight excluding hydrogens is 397 g/mol. The Bertz CT molecular complexity index is 696. The van der Waals surface area contributed by atoms with E-state index in [1.165, 1.54) is 11.8 Å². The molecule has 0 spiro atoms. The Morgan fingerprint density at radius 3 is 2.35 bits per heavy atom. The van der Waals surface area contributed by atoms with Gasteiger partial charge in [-0.25, -0.2) is 0 Å². The van der Waals surface area contributed by atoms with Crippen LogP contribution in [0.1, 0.15) is 16.1 Å². The number of hydrogen-bond acceptors (Lipinski definition) is 4. The Balaban J connectivity index is 1.59. The second-order valence-electron chi connectivity index (χ2n) is 6.19. The predicted molar refractivity (Wildman–Crippen MR) is 104 cm³/mol. The minimum absolute atomic E-state index is 0.187. The molecule has 1 N–H and O–H groups in total. The first kappa shape index (κ1) is 19.5.